The topological polar surface area (TPSA) is 130 Å². The maximum atomic E-state index is 14.0. The monoisotopic (exact) mass is 845 g/mol. The standard InChI is InChI=1S/C49H59N5O8/c1-34-19-22-43(45(28-34)61-27-12-11-16-37(31-55)53-25-23-51(5)24-26-53)52(6)47(57)36-20-21-41(44(29-36)59-7)50-46(56)39-17-13-18-42-40(39)30-38(54(42)48(58)62-49(2,3)4)33-60-32-35-14-9-8-10-15-35/h8-10,13-15,17-22,28-29,38H,11-12,16,23-27,30,32-33H2,1-7H3,(H,50,56). The lowest BCUT2D eigenvalue weighted by Gasteiger charge is -2.34. The average Bonchev–Trinajstić information content (AvgIpc) is 3.63. The zero-order valence-electron chi connectivity index (χ0n) is 37.0. The first-order valence-corrected chi connectivity index (χ1v) is 21.2. The van der Waals surface area contributed by atoms with Crippen LogP contribution >= 0.6 is 0 Å². The molecular formula is C49H59N5O8. The smallest absolute Gasteiger partial charge is 0.415 e. The van der Waals surface area contributed by atoms with Gasteiger partial charge in [-0.1, -0.05) is 42.5 Å². The Balaban J connectivity index is 1.12. The molecule has 4 aromatic rings. The second kappa shape index (κ2) is 20.6. The van der Waals surface area contributed by atoms with Crippen molar-refractivity contribution in [1.82, 2.24) is 9.80 Å². The maximum absolute atomic E-state index is 14.0. The lowest BCUT2D eigenvalue weighted by molar-refractivity contribution is 0.0521. The summed E-state index contributed by atoms with van der Waals surface area (Å²) in [5, 5.41) is 2.97. The minimum absolute atomic E-state index is 0.232. The van der Waals surface area contributed by atoms with Crippen LogP contribution in [0.2, 0.25) is 0 Å². The molecule has 13 nitrogen and oxygen atoms in total. The van der Waals surface area contributed by atoms with Crippen LogP contribution in [0.4, 0.5) is 21.9 Å². The van der Waals surface area contributed by atoms with Crippen LogP contribution in [0.15, 0.2) is 90.6 Å². The van der Waals surface area contributed by atoms with Crippen molar-refractivity contribution in [3.63, 3.8) is 0 Å². The molecule has 1 atom stereocenters. The van der Waals surface area contributed by atoms with Gasteiger partial charge in [0.1, 0.15) is 23.0 Å². The molecule has 6 rings (SSSR count). The number of ether oxygens (including phenoxy) is 4. The first kappa shape index (κ1) is 45.4. The van der Waals surface area contributed by atoms with Crippen LogP contribution in [-0.4, -0.2) is 106 Å². The third-order valence-corrected chi connectivity index (χ3v) is 11.0. The Morgan fingerprint density at radius 2 is 1.66 bits per heavy atom. The molecule has 0 bridgehead atoms. The molecule has 1 unspecified atom stereocenters. The van der Waals surface area contributed by atoms with E-state index in [0.29, 0.717) is 77.0 Å². The molecule has 0 aromatic heterocycles. The number of nitrogens with zero attached hydrogens (tertiary/aromatic N) is 4. The molecule has 2 aliphatic heterocycles. The van der Waals surface area contributed by atoms with Gasteiger partial charge >= 0.3 is 6.09 Å². The highest BCUT2D eigenvalue weighted by molar-refractivity contribution is 6.10. The van der Waals surface area contributed by atoms with Crippen LogP contribution in [0.3, 0.4) is 0 Å². The highest BCUT2D eigenvalue weighted by Crippen LogP contribution is 2.38. The predicted molar refractivity (Wildman–Crippen MR) is 241 cm³/mol. The number of likely N-dealkylation sites (N-methyl/N-ethyl adjacent to an activating group) is 1. The number of rotatable bonds is 16. The van der Waals surface area contributed by atoms with Crippen molar-refractivity contribution in [2.75, 3.05) is 75.7 Å². The lowest BCUT2D eigenvalue weighted by atomic mass is 10.0. The normalized spacial score (nSPS) is 15.0. The first-order valence-electron chi connectivity index (χ1n) is 21.2. The fourth-order valence-electron chi connectivity index (χ4n) is 7.69. The quantitative estimate of drug-likeness (QED) is 0.0877. The number of allylic oxidation sites excluding steroid dienone is 1. The van der Waals surface area contributed by atoms with Gasteiger partial charge in [-0.25, -0.2) is 9.59 Å². The van der Waals surface area contributed by atoms with Crippen molar-refractivity contribution in [1.29, 1.82) is 0 Å². The molecule has 2 heterocycles. The Morgan fingerprint density at radius 3 is 2.37 bits per heavy atom. The van der Waals surface area contributed by atoms with E-state index in [4.69, 9.17) is 18.9 Å². The van der Waals surface area contributed by atoms with E-state index in [0.717, 1.165) is 50.1 Å². The van der Waals surface area contributed by atoms with Crippen LogP contribution in [0.5, 0.6) is 11.5 Å². The van der Waals surface area contributed by atoms with Crippen molar-refractivity contribution in [3.05, 3.63) is 118 Å². The van der Waals surface area contributed by atoms with Gasteiger partial charge in [0.05, 0.1) is 55.7 Å². The number of carbonyl (C=O) groups is 3. The molecule has 62 heavy (non-hydrogen) atoms. The van der Waals surface area contributed by atoms with E-state index in [9.17, 15) is 19.2 Å². The van der Waals surface area contributed by atoms with Gasteiger partial charge in [-0.05, 0) is 120 Å². The van der Waals surface area contributed by atoms with Gasteiger partial charge < -0.3 is 39.0 Å². The van der Waals surface area contributed by atoms with Gasteiger partial charge in [0.2, 0.25) is 0 Å². The summed E-state index contributed by atoms with van der Waals surface area (Å²) >= 11 is 0. The number of amides is 3. The molecule has 328 valence electrons. The number of nitrogens with one attached hydrogen (secondary N) is 1. The van der Waals surface area contributed by atoms with Crippen molar-refractivity contribution < 1.29 is 38.1 Å². The fourth-order valence-corrected chi connectivity index (χ4v) is 7.69. The Kier molecular flexibility index (Phi) is 15.1. The molecule has 3 amide bonds. The highest BCUT2D eigenvalue weighted by Gasteiger charge is 2.39. The van der Waals surface area contributed by atoms with Gasteiger partial charge in [-0.15, -0.1) is 0 Å². The second-order valence-corrected chi connectivity index (χ2v) is 16.9. The summed E-state index contributed by atoms with van der Waals surface area (Å²) in [6.45, 7) is 11.9. The Hall–Kier alpha value is -6.14. The molecule has 0 radical (unpaired) electrons. The third kappa shape index (κ3) is 11.4. The summed E-state index contributed by atoms with van der Waals surface area (Å²) in [5.41, 5.74) is 4.98. The summed E-state index contributed by atoms with van der Waals surface area (Å²) in [4.78, 5) is 60.8. The van der Waals surface area contributed by atoms with Gasteiger partial charge in [-0.3, -0.25) is 14.5 Å². The summed E-state index contributed by atoms with van der Waals surface area (Å²) in [6, 6.07) is 25.3. The summed E-state index contributed by atoms with van der Waals surface area (Å²) < 4.78 is 23.8. The van der Waals surface area contributed by atoms with E-state index in [1.54, 1.807) is 42.3 Å². The summed E-state index contributed by atoms with van der Waals surface area (Å²) in [6.07, 6.45) is 2.00. The molecule has 1 N–H and O–H groups in total. The number of hydrogen-bond acceptors (Lipinski definition) is 10. The van der Waals surface area contributed by atoms with Gasteiger partial charge in [0.15, 0.2) is 0 Å². The van der Waals surface area contributed by atoms with Crippen molar-refractivity contribution in [2.24, 2.45) is 0 Å². The number of aryl methyl sites for hydroxylation is 1. The van der Waals surface area contributed by atoms with E-state index in [2.05, 4.69) is 28.1 Å². The molecule has 1 saturated heterocycles. The SMILES string of the molecule is COc1cc(C(=O)N(C)c2ccc(C)cc2OCCCCC(=C=O)N2CCN(C)CC2)ccc1NC(=O)c1cccc2c1CC(COCc1ccccc1)N2C(=O)OC(C)(C)C. The number of methoxy groups -OCH3 is 1. The molecule has 0 spiro atoms. The van der Waals surface area contributed by atoms with E-state index >= 15 is 0 Å². The number of piperazine rings is 1. The number of hydrogen-bond donors (Lipinski definition) is 1. The van der Waals surface area contributed by atoms with Gasteiger partial charge in [0, 0.05) is 44.4 Å². The Bertz CT molecular complexity index is 2260. The zero-order valence-corrected chi connectivity index (χ0v) is 37.0. The van der Waals surface area contributed by atoms with Crippen LogP contribution in [0.1, 0.15) is 77.4 Å². The van der Waals surface area contributed by atoms with E-state index in [-0.39, 0.29) is 12.5 Å². The number of anilines is 3. The van der Waals surface area contributed by atoms with Crippen molar-refractivity contribution in [3.8, 4) is 11.5 Å². The number of carbonyl (C=O) groups excluding carboxylic acids is 4. The maximum Gasteiger partial charge on any atom is 0.415 e. The van der Waals surface area contributed by atoms with E-state index in [1.165, 1.54) is 12.0 Å². The summed E-state index contributed by atoms with van der Waals surface area (Å²) in [7, 11) is 5.25. The molecule has 2 aliphatic rings. The average molecular weight is 846 g/mol. The van der Waals surface area contributed by atoms with E-state index in [1.807, 2.05) is 82.3 Å². The second-order valence-electron chi connectivity index (χ2n) is 16.9. The molecule has 1 fully saturated rings. The Labute approximate surface area is 365 Å². The first-order chi connectivity index (χ1) is 29.8. The molecule has 0 aliphatic carbocycles. The van der Waals surface area contributed by atoms with Gasteiger partial charge in [0.25, 0.3) is 11.8 Å². The fraction of sp³-hybridized carbons (Fsp3) is 0.408. The van der Waals surface area contributed by atoms with Crippen LogP contribution in [-0.2, 0) is 27.3 Å². The third-order valence-electron chi connectivity index (χ3n) is 11.0. The zero-order chi connectivity index (χ0) is 44.4. The van der Waals surface area contributed by atoms with Crippen molar-refractivity contribution in [2.45, 2.75) is 71.6 Å². The minimum atomic E-state index is -0.730. The number of benzene rings is 4. The van der Waals surface area contributed by atoms with E-state index < -0.39 is 23.6 Å². The largest absolute Gasteiger partial charge is 0.495 e. The van der Waals surface area contributed by atoms with Crippen molar-refractivity contribution >= 4 is 40.9 Å². The van der Waals surface area contributed by atoms with Crippen LogP contribution in [0.25, 0.3) is 0 Å². The van der Waals surface area contributed by atoms with Crippen LogP contribution < -0.4 is 24.6 Å². The molecule has 0 saturated carbocycles. The van der Waals surface area contributed by atoms with Gasteiger partial charge in [-0.2, -0.15) is 0 Å². The number of unbranched alkanes of at least 4 members (excludes halogenated alkanes) is 1. The predicted octanol–water partition coefficient (Wildman–Crippen LogP) is 7.93. The minimum Gasteiger partial charge on any atom is -0.495 e. The molecular weight excluding hydrogens is 787 g/mol. The summed E-state index contributed by atoms with van der Waals surface area (Å²) in [5.74, 6) is 2.33. The number of fused-ring (bicyclic) bond motifs is 1. The van der Waals surface area contributed by atoms with Crippen LogP contribution in [0, 0.1) is 6.92 Å². The lowest BCUT2D eigenvalue weighted by Crippen LogP contribution is -2.44. The Morgan fingerprint density at radius 1 is 0.903 bits per heavy atom. The molecule has 13 heteroatoms. The highest BCUT2D eigenvalue weighted by atomic mass is 16.6. The molecule has 4 aromatic carbocycles.